The van der Waals surface area contributed by atoms with Crippen LogP contribution in [0.15, 0.2) is 60.1 Å². The van der Waals surface area contributed by atoms with Gasteiger partial charge in [-0.1, -0.05) is 18.2 Å². The molecule has 0 aliphatic carbocycles. The molecule has 158 valence electrons. The van der Waals surface area contributed by atoms with Crippen molar-refractivity contribution in [1.29, 1.82) is 0 Å². The highest BCUT2D eigenvalue weighted by molar-refractivity contribution is 7.13. The molecule has 2 aromatic carbocycles. The summed E-state index contributed by atoms with van der Waals surface area (Å²) in [7, 11) is 0. The van der Waals surface area contributed by atoms with Crippen LogP contribution >= 0.6 is 11.3 Å². The Morgan fingerprint density at radius 2 is 1.90 bits per heavy atom. The number of para-hydroxylation sites is 1. The second-order valence-corrected chi connectivity index (χ2v) is 7.46. The zero-order valence-electron chi connectivity index (χ0n) is 15.7. The fraction of sp³-hybridized carbons (Fsp3) is 0.0952. The molecule has 6 nitrogen and oxygen atoms in total. The number of hydrogen-bond acceptors (Lipinski definition) is 6. The van der Waals surface area contributed by atoms with E-state index in [1.807, 2.05) is 0 Å². The number of anilines is 1. The van der Waals surface area contributed by atoms with Crippen LogP contribution in [0.1, 0.15) is 21.6 Å². The first-order chi connectivity index (χ1) is 14.7. The van der Waals surface area contributed by atoms with Crippen molar-refractivity contribution in [3.63, 3.8) is 0 Å². The van der Waals surface area contributed by atoms with Gasteiger partial charge in [0.25, 0.3) is 5.91 Å². The van der Waals surface area contributed by atoms with E-state index < -0.39 is 17.6 Å². The summed E-state index contributed by atoms with van der Waals surface area (Å²) in [6.45, 7) is -0.126. The topological polar surface area (TPSA) is 86.6 Å². The maximum Gasteiger partial charge on any atom is 0.418 e. The van der Waals surface area contributed by atoms with Crippen LogP contribution in [0.25, 0.3) is 10.9 Å². The van der Waals surface area contributed by atoms with Gasteiger partial charge in [0, 0.05) is 28.6 Å². The standard InChI is InChI=1S/C21H14F3N3O3S/c22-21(23,24)15-3-1-2-12-5-7-16(26-18(12)15)19(30)27(20-25-8-9-31-20)11-13-4-6-14(28)10-17(13)29/h1-10,28-29H,11H2. The maximum atomic E-state index is 13.4. The lowest BCUT2D eigenvalue weighted by Crippen LogP contribution is -2.31. The fourth-order valence-corrected chi connectivity index (χ4v) is 3.70. The number of phenols is 2. The summed E-state index contributed by atoms with van der Waals surface area (Å²) in [5.74, 6) is -1.06. The molecule has 0 aliphatic heterocycles. The molecule has 4 aromatic rings. The highest BCUT2D eigenvalue weighted by Crippen LogP contribution is 2.34. The van der Waals surface area contributed by atoms with E-state index in [1.54, 1.807) is 5.38 Å². The molecule has 2 aromatic heterocycles. The molecule has 2 heterocycles. The quantitative estimate of drug-likeness (QED) is 0.463. The first-order valence-corrected chi connectivity index (χ1v) is 9.81. The number of benzene rings is 2. The minimum Gasteiger partial charge on any atom is -0.508 e. The van der Waals surface area contributed by atoms with Gasteiger partial charge in [-0.2, -0.15) is 13.2 Å². The van der Waals surface area contributed by atoms with Crippen molar-refractivity contribution < 1.29 is 28.2 Å². The highest BCUT2D eigenvalue weighted by atomic mass is 32.1. The minimum absolute atomic E-state index is 0.126. The van der Waals surface area contributed by atoms with Crippen molar-refractivity contribution >= 4 is 33.3 Å². The molecule has 31 heavy (non-hydrogen) atoms. The molecular weight excluding hydrogens is 431 g/mol. The zero-order valence-corrected chi connectivity index (χ0v) is 16.5. The number of hydrogen-bond donors (Lipinski definition) is 2. The van der Waals surface area contributed by atoms with Gasteiger partial charge in [0.05, 0.1) is 17.6 Å². The lowest BCUT2D eigenvalue weighted by Gasteiger charge is -2.20. The van der Waals surface area contributed by atoms with Gasteiger partial charge < -0.3 is 10.2 Å². The van der Waals surface area contributed by atoms with E-state index in [4.69, 9.17) is 0 Å². The van der Waals surface area contributed by atoms with E-state index >= 15 is 0 Å². The van der Waals surface area contributed by atoms with Crippen LogP contribution < -0.4 is 4.90 Å². The molecule has 0 fully saturated rings. The van der Waals surface area contributed by atoms with Crippen LogP contribution in [0.3, 0.4) is 0 Å². The lowest BCUT2D eigenvalue weighted by atomic mass is 10.1. The van der Waals surface area contributed by atoms with Gasteiger partial charge in [0.15, 0.2) is 5.13 Å². The largest absolute Gasteiger partial charge is 0.508 e. The third-order valence-electron chi connectivity index (χ3n) is 4.54. The average Bonchev–Trinajstić information content (AvgIpc) is 3.26. The Morgan fingerprint density at radius 3 is 2.58 bits per heavy atom. The van der Waals surface area contributed by atoms with E-state index in [0.717, 1.165) is 23.5 Å². The van der Waals surface area contributed by atoms with Crippen LogP contribution in [-0.2, 0) is 12.7 Å². The molecule has 0 aliphatic rings. The summed E-state index contributed by atoms with van der Waals surface area (Å²) in [6.07, 6.45) is -3.15. The monoisotopic (exact) mass is 445 g/mol. The van der Waals surface area contributed by atoms with Crippen LogP contribution in [0.2, 0.25) is 0 Å². The number of carbonyl (C=O) groups excluding carboxylic acids is 1. The van der Waals surface area contributed by atoms with Gasteiger partial charge in [0.2, 0.25) is 0 Å². The second kappa shape index (κ2) is 7.88. The summed E-state index contributed by atoms with van der Waals surface area (Å²) in [5, 5.41) is 21.8. The summed E-state index contributed by atoms with van der Waals surface area (Å²) < 4.78 is 40.2. The van der Waals surface area contributed by atoms with Crippen molar-refractivity contribution in [3.8, 4) is 11.5 Å². The zero-order chi connectivity index (χ0) is 22.2. The Balaban J connectivity index is 1.77. The number of amides is 1. The van der Waals surface area contributed by atoms with E-state index in [9.17, 15) is 28.2 Å². The van der Waals surface area contributed by atoms with E-state index in [1.165, 1.54) is 47.5 Å². The van der Waals surface area contributed by atoms with E-state index in [-0.39, 0.29) is 39.8 Å². The predicted octanol–water partition coefficient (Wildman–Crippen LogP) is 4.97. The van der Waals surface area contributed by atoms with Crippen molar-refractivity contribution in [2.45, 2.75) is 12.7 Å². The van der Waals surface area contributed by atoms with E-state index in [2.05, 4.69) is 9.97 Å². The third-order valence-corrected chi connectivity index (χ3v) is 5.33. The number of aromatic nitrogens is 2. The van der Waals surface area contributed by atoms with Crippen molar-refractivity contribution in [3.05, 3.63) is 76.9 Å². The molecule has 0 spiro atoms. The van der Waals surface area contributed by atoms with Crippen LogP contribution in [0.4, 0.5) is 18.3 Å². The number of rotatable bonds is 4. The number of alkyl halides is 3. The first-order valence-electron chi connectivity index (χ1n) is 8.93. The van der Waals surface area contributed by atoms with Gasteiger partial charge in [0.1, 0.15) is 17.2 Å². The molecule has 0 saturated carbocycles. The normalized spacial score (nSPS) is 11.6. The molecule has 4 rings (SSSR count). The molecular formula is C21H14F3N3O3S. The Morgan fingerprint density at radius 1 is 1.10 bits per heavy atom. The van der Waals surface area contributed by atoms with Crippen LogP contribution in [0, 0.1) is 0 Å². The molecule has 0 bridgehead atoms. The van der Waals surface area contributed by atoms with Crippen molar-refractivity contribution in [1.82, 2.24) is 9.97 Å². The number of aromatic hydroxyl groups is 2. The maximum absolute atomic E-state index is 13.4. The fourth-order valence-electron chi connectivity index (χ4n) is 3.07. The summed E-state index contributed by atoms with van der Waals surface area (Å²) in [4.78, 5) is 22.6. The molecule has 10 heteroatoms. The number of pyridine rings is 1. The molecule has 0 unspecified atom stereocenters. The predicted molar refractivity (Wildman–Crippen MR) is 109 cm³/mol. The number of phenolic OH excluding ortho intramolecular Hbond substituents is 2. The number of halogens is 3. The third kappa shape index (κ3) is 4.15. The minimum atomic E-state index is -4.62. The number of fused-ring (bicyclic) bond motifs is 1. The van der Waals surface area contributed by atoms with E-state index in [0.29, 0.717) is 5.56 Å². The summed E-state index contributed by atoms with van der Waals surface area (Å²) >= 11 is 1.15. The number of thiazole rings is 1. The van der Waals surface area contributed by atoms with Gasteiger partial charge in [-0.15, -0.1) is 11.3 Å². The van der Waals surface area contributed by atoms with Gasteiger partial charge in [-0.3, -0.25) is 9.69 Å². The highest BCUT2D eigenvalue weighted by Gasteiger charge is 2.33. The summed E-state index contributed by atoms with van der Waals surface area (Å²) in [6, 6.07) is 10.4. The SMILES string of the molecule is O=C(c1ccc2cccc(C(F)(F)F)c2n1)N(Cc1ccc(O)cc1O)c1nccs1. The Bertz CT molecular complexity index is 1260. The number of nitrogens with zero attached hydrogens (tertiary/aromatic N) is 3. The molecule has 0 saturated heterocycles. The molecule has 0 atom stereocenters. The summed E-state index contributed by atoms with van der Waals surface area (Å²) in [5.41, 5.74) is -1.14. The molecule has 1 amide bonds. The Labute approximate surface area is 177 Å². The van der Waals surface area contributed by atoms with Crippen LogP contribution in [0.5, 0.6) is 11.5 Å². The van der Waals surface area contributed by atoms with Gasteiger partial charge >= 0.3 is 6.18 Å². The smallest absolute Gasteiger partial charge is 0.418 e. The Kier molecular flexibility index (Phi) is 5.24. The lowest BCUT2D eigenvalue weighted by molar-refractivity contribution is -0.136. The van der Waals surface area contributed by atoms with Gasteiger partial charge in [-0.25, -0.2) is 9.97 Å². The molecule has 2 N–H and O–H groups in total. The first kappa shape index (κ1) is 20.6. The van der Waals surface area contributed by atoms with Crippen molar-refractivity contribution in [2.75, 3.05) is 4.90 Å². The van der Waals surface area contributed by atoms with Crippen LogP contribution in [-0.4, -0.2) is 26.1 Å². The van der Waals surface area contributed by atoms with Crippen molar-refractivity contribution in [2.24, 2.45) is 0 Å². The average molecular weight is 445 g/mol. The number of carbonyl (C=O) groups is 1. The molecule has 0 radical (unpaired) electrons. The Hall–Kier alpha value is -3.66. The van der Waals surface area contributed by atoms with Gasteiger partial charge in [-0.05, 0) is 24.3 Å². The second-order valence-electron chi connectivity index (χ2n) is 6.59.